The standard InChI is InChI=1S/C21H20O4/c1-3-20(22)25-17(13-23-2)14-24-21-18-10-6-4-8-15(18)12-16-9-5-7-11-19(16)21/h3-12,17H,1,13-14H2,2H3. The fourth-order valence-corrected chi connectivity index (χ4v) is 2.82. The molecule has 128 valence electrons. The molecule has 0 radical (unpaired) electrons. The number of hydrogen-bond acceptors (Lipinski definition) is 4. The van der Waals surface area contributed by atoms with Crippen LogP contribution in [-0.2, 0) is 14.3 Å². The van der Waals surface area contributed by atoms with Gasteiger partial charge in [-0.05, 0) is 16.8 Å². The number of esters is 1. The molecule has 4 heteroatoms. The zero-order valence-electron chi connectivity index (χ0n) is 14.1. The van der Waals surface area contributed by atoms with E-state index in [1.54, 1.807) is 7.11 Å². The molecule has 1 unspecified atom stereocenters. The lowest BCUT2D eigenvalue weighted by Gasteiger charge is -2.19. The molecule has 0 saturated heterocycles. The van der Waals surface area contributed by atoms with Crippen LogP contribution in [0.15, 0.2) is 67.3 Å². The molecule has 0 aliphatic carbocycles. The number of benzene rings is 3. The van der Waals surface area contributed by atoms with E-state index in [0.717, 1.165) is 33.4 Å². The maximum absolute atomic E-state index is 11.5. The number of hydrogen-bond donors (Lipinski definition) is 0. The van der Waals surface area contributed by atoms with E-state index >= 15 is 0 Å². The molecule has 25 heavy (non-hydrogen) atoms. The number of carbonyl (C=O) groups is 1. The van der Waals surface area contributed by atoms with E-state index in [0.29, 0.717) is 0 Å². The van der Waals surface area contributed by atoms with Crippen LogP contribution in [0.25, 0.3) is 21.5 Å². The molecule has 3 aromatic carbocycles. The number of carbonyl (C=O) groups excluding carboxylic acids is 1. The van der Waals surface area contributed by atoms with Crippen LogP contribution in [0.2, 0.25) is 0 Å². The maximum Gasteiger partial charge on any atom is 0.330 e. The largest absolute Gasteiger partial charge is 0.488 e. The lowest BCUT2D eigenvalue weighted by atomic mass is 10.0. The first-order valence-corrected chi connectivity index (χ1v) is 8.08. The summed E-state index contributed by atoms with van der Waals surface area (Å²) in [4.78, 5) is 11.5. The third-order valence-electron chi connectivity index (χ3n) is 3.94. The second-order valence-electron chi connectivity index (χ2n) is 5.68. The van der Waals surface area contributed by atoms with Crippen LogP contribution in [0.5, 0.6) is 5.75 Å². The van der Waals surface area contributed by atoms with E-state index in [2.05, 4.69) is 24.8 Å². The van der Waals surface area contributed by atoms with Crippen molar-refractivity contribution in [2.45, 2.75) is 6.10 Å². The third-order valence-corrected chi connectivity index (χ3v) is 3.94. The van der Waals surface area contributed by atoms with Crippen LogP contribution < -0.4 is 4.74 Å². The van der Waals surface area contributed by atoms with Gasteiger partial charge in [-0.15, -0.1) is 0 Å². The highest BCUT2D eigenvalue weighted by Gasteiger charge is 2.16. The van der Waals surface area contributed by atoms with Crippen LogP contribution in [0.4, 0.5) is 0 Å². The highest BCUT2D eigenvalue weighted by molar-refractivity contribution is 6.05. The fourth-order valence-electron chi connectivity index (χ4n) is 2.82. The van der Waals surface area contributed by atoms with Gasteiger partial charge in [0.1, 0.15) is 12.4 Å². The van der Waals surface area contributed by atoms with Crippen molar-refractivity contribution in [3.63, 3.8) is 0 Å². The highest BCUT2D eigenvalue weighted by Crippen LogP contribution is 2.34. The average Bonchev–Trinajstić information content (AvgIpc) is 2.65. The molecule has 0 bridgehead atoms. The Kier molecular flexibility index (Phi) is 5.31. The summed E-state index contributed by atoms with van der Waals surface area (Å²) in [6.07, 6.45) is 0.629. The van der Waals surface area contributed by atoms with Gasteiger partial charge in [0.15, 0.2) is 6.10 Å². The molecule has 0 aromatic heterocycles. The Balaban J connectivity index is 1.95. The van der Waals surface area contributed by atoms with Gasteiger partial charge in [-0.3, -0.25) is 0 Å². The Morgan fingerprint density at radius 3 is 2.20 bits per heavy atom. The van der Waals surface area contributed by atoms with Crippen LogP contribution >= 0.6 is 0 Å². The molecule has 0 aliphatic heterocycles. The molecule has 0 amide bonds. The second-order valence-corrected chi connectivity index (χ2v) is 5.68. The Morgan fingerprint density at radius 1 is 1.04 bits per heavy atom. The summed E-state index contributed by atoms with van der Waals surface area (Å²) in [5.41, 5.74) is 0. The number of fused-ring (bicyclic) bond motifs is 2. The lowest BCUT2D eigenvalue weighted by molar-refractivity contribution is -0.147. The minimum Gasteiger partial charge on any atom is -0.488 e. The van der Waals surface area contributed by atoms with Gasteiger partial charge in [-0.1, -0.05) is 55.1 Å². The summed E-state index contributed by atoms with van der Waals surface area (Å²) < 4.78 is 16.5. The zero-order valence-corrected chi connectivity index (χ0v) is 14.1. The van der Waals surface area contributed by atoms with E-state index in [1.165, 1.54) is 0 Å². The van der Waals surface area contributed by atoms with E-state index in [4.69, 9.17) is 14.2 Å². The molecular formula is C21H20O4. The van der Waals surface area contributed by atoms with Gasteiger partial charge in [0, 0.05) is 24.0 Å². The van der Waals surface area contributed by atoms with Gasteiger partial charge in [-0.25, -0.2) is 4.79 Å². The minimum atomic E-state index is -0.506. The monoisotopic (exact) mass is 336 g/mol. The van der Waals surface area contributed by atoms with E-state index < -0.39 is 12.1 Å². The van der Waals surface area contributed by atoms with Crippen molar-refractivity contribution in [1.29, 1.82) is 0 Å². The topological polar surface area (TPSA) is 44.8 Å². The predicted molar refractivity (Wildman–Crippen MR) is 98.9 cm³/mol. The molecule has 0 N–H and O–H groups in total. The first-order valence-electron chi connectivity index (χ1n) is 8.08. The van der Waals surface area contributed by atoms with Crippen LogP contribution in [0.1, 0.15) is 0 Å². The number of rotatable bonds is 7. The zero-order chi connectivity index (χ0) is 17.6. The van der Waals surface area contributed by atoms with Crippen molar-refractivity contribution < 1.29 is 19.0 Å². The normalized spacial score (nSPS) is 12.0. The van der Waals surface area contributed by atoms with Crippen LogP contribution in [0, 0.1) is 0 Å². The lowest BCUT2D eigenvalue weighted by Crippen LogP contribution is -2.28. The van der Waals surface area contributed by atoms with Crippen molar-refractivity contribution in [3.8, 4) is 5.75 Å². The fraction of sp³-hybridized carbons (Fsp3) is 0.190. The van der Waals surface area contributed by atoms with E-state index in [9.17, 15) is 4.79 Å². The molecule has 0 saturated carbocycles. The van der Waals surface area contributed by atoms with E-state index in [1.807, 2.05) is 36.4 Å². The molecule has 4 nitrogen and oxygen atoms in total. The average molecular weight is 336 g/mol. The maximum atomic E-state index is 11.5. The van der Waals surface area contributed by atoms with Crippen LogP contribution in [0.3, 0.4) is 0 Å². The van der Waals surface area contributed by atoms with Gasteiger partial charge in [-0.2, -0.15) is 0 Å². The summed E-state index contributed by atoms with van der Waals surface area (Å²) in [5, 5.41) is 4.24. The summed E-state index contributed by atoms with van der Waals surface area (Å²) in [5.74, 6) is 0.290. The Hall–Kier alpha value is -2.85. The van der Waals surface area contributed by atoms with Gasteiger partial charge < -0.3 is 14.2 Å². The van der Waals surface area contributed by atoms with Crippen molar-refractivity contribution >= 4 is 27.5 Å². The molecule has 0 heterocycles. The summed E-state index contributed by atoms with van der Waals surface area (Å²) >= 11 is 0. The number of methoxy groups -OCH3 is 1. The SMILES string of the molecule is C=CC(=O)OC(COC)COc1c2ccccc2cc2ccccc12. The van der Waals surface area contributed by atoms with Crippen molar-refractivity contribution in [2.24, 2.45) is 0 Å². The Bertz CT molecular complexity index is 847. The molecular weight excluding hydrogens is 316 g/mol. The second kappa shape index (κ2) is 7.81. The van der Waals surface area contributed by atoms with Gasteiger partial charge in [0.25, 0.3) is 0 Å². The van der Waals surface area contributed by atoms with Gasteiger partial charge >= 0.3 is 5.97 Å². The van der Waals surface area contributed by atoms with Crippen molar-refractivity contribution in [3.05, 3.63) is 67.3 Å². The molecule has 3 aromatic rings. The van der Waals surface area contributed by atoms with Crippen molar-refractivity contribution in [2.75, 3.05) is 20.3 Å². The minimum absolute atomic E-state index is 0.200. The summed E-state index contributed by atoms with van der Waals surface area (Å²) in [7, 11) is 1.56. The number of ether oxygens (including phenoxy) is 3. The quantitative estimate of drug-likeness (QED) is 0.370. The van der Waals surface area contributed by atoms with Crippen molar-refractivity contribution in [1.82, 2.24) is 0 Å². The molecule has 0 spiro atoms. The summed E-state index contributed by atoms with van der Waals surface area (Å²) in [6, 6.07) is 18.3. The molecule has 0 fully saturated rings. The van der Waals surface area contributed by atoms with Crippen LogP contribution in [-0.4, -0.2) is 32.4 Å². The predicted octanol–water partition coefficient (Wildman–Crippen LogP) is 4.12. The highest BCUT2D eigenvalue weighted by atomic mass is 16.6. The Labute approximate surface area is 146 Å². The first-order chi connectivity index (χ1) is 12.2. The Morgan fingerprint density at radius 2 is 1.64 bits per heavy atom. The third kappa shape index (κ3) is 3.80. The van der Waals surface area contributed by atoms with Gasteiger partial charge in [0.2, 0.25) is 0 Å². The van der Waals surface area contributed by atoms with Gasteiger partial charge in [0.05, 0.1) is 6.61 Å². The molecule has 3 rings (SSSR count). The smallest absolute Gasteiger partial charge is 0.330 e. The molecule has 1 atom stereocenters. The van der Waals surface area contributed by atoms with E-state index in [-0.39, 0.29) is 13.2 Å². The molecule has 0 aliphatic rings. The first kappa shape index (κ1) is 17.0. The summed E-state index contributed by atoms with van der Waals surface area (Å²) in [6.45, 7) is 3.87.